The van der Waals surface area contributed by atoms with Gasteiger partial charge < -0.3 is 21.4 Å². The lowest BCUT2D eigenvalue weighted by atomic mass is 10.0. The van der Waals surface area contributed by atoms with Crippen LogP contribution in [0.15, 0.2) is 36.5 Å². The summed E-state index contributed by atoms with van der Waals surface area (Å²) in [5, 5.41) is 18.1. The fourth-order valence-corrected chi connectivity index (χ4v) is 4.22. The Morgan fingerprint density at radius 1 is 1.00 bits per heavy atom. The van der Waals surface area contributed by atoms with Crippen LogP contribution in [0.5, 0.6) is 0 Å². The van der Waals surface area contributed by atoms with Gasteiger partial charge in [-0.2, -0.15) is 0 Å². The second kappa shape index (κ2) is 11.4. The van der Waals surface area contributed by atoms with E-state index >= 15 is 0 Å². The summed E-state index contributed by atoms with van der Waals surface area (Å²) in [7, 11) is 0. The number of nitrogens with two attached hydrogens (primary N) is 1. The van der Waals surface area contributed by atoms with Crippen LogP contribution in [0.2, 0.25) is 10.0 Å². The minimum absolute atomic E-state index is 0.151. The quantitative estimate of drug-likeness (QED) is 0.117. The molecular formula is C24H25Cl2N9O2. The lowest BCUT2D eigenvalue weighted by Crippen LogP contribution is -2.16. The molecule has 4 rings (SSSR count). The molecule has 3 heterocycles. The number of halogens is 2. The van der Waals surface area contributed by atoms with Gasteiger partial charge in [-0.15, -0.1) is 0 Å². The van der Waals surface area contributed by atoms with Crippen molar-refractivity contribution >= 4 is 46.5 Å². The zero-order chi connectivity index (χ0) is 26.5. The molecule has 0 saturated heterocycles. The van der Waals surface area contributed by atoms with Crippen molar-refractivity contribution in [1.82, 2.24) is 24.9 Å². The fourth-order valence-electron chi connectivity index (χ4n) is 3.72. The van der Waals surface area contributed by atoms with Crippen molar-refractivity contribution in [2.45, 2.75) is 26.7 Å². The van der Waals surface area contributed by atoms with Crippen molar-refractivity contribution < 1.29 is 4.92 Å². The average Bonchev–Trinajstić information content (AvgIpc) is 3.30. The minimum Gasteiger partial charge on any atom is -0.378 e. The van der Waals surface area contributed by atoms with Crippen molar-refractivity contribution in [3.63, 3.8) is 0 Å². The van der Waals surface area contributed by atoms with Gasteiger partial charge in [0, 0.05) is 53.6 Å². The molecule has 0 bridgehead atoms. The van der Waals surface area contributed by atoms with E-state index in [9.17, 15) is 10.1 Å². The van der Waals surface area contributed by atoms with Crippen LogP contribution >= 0.6 is 23.2 Å². The first-order valence-corrected chi connectivity index (χ1v) is 12.4. The number of nitrogens with one attached hydrogen (secondary N) is 3. The second-order valence-electron chi connectivity index (χ2n) is 8.01. The van der Waals surface area contributed by atoms with Gasteiger partial charge in [-0.05, 0) is 30.7 Å². The van der Waals surface area contributed by atoms with E-state index in [-0.39, 0.29) is 11.5 Å². The predicted molar refractivity (Wildman–Crippen MR) is 146 cm³/mol. The molecule has 5 N–H and O–H groups in total. The van der Waals surface area contributed by atoms with Gasteiger partial charge in [0.05, 0.1) is 21.3 Å². The van der Waals surface area contributed by atoms with E-state index in [1.54, 1.807) is 18.3 Å². The summed E-state index contributed by atoms with van der Waals surface area (Å²) in [6.07, 6.45) is 3.27. The molecule has 37 heavy (non-hydrogen) atoms. The first-order valence-electron chi connectivity index (χ1n) is 11.6. The van der Waals surface area contributed by atoms with Crippen molar-refractivity contribution in [2.24, 2.45) is 0 Å². The second-order valence-corrected chi connectivity index (χ2v) is 8.85. The third-order valence-electron chi connectivity index (χ3n) is 5.56. The van der Waals surface area contributed by atoms with Crippen LogP contribution < -0.4 is 16.4 Å². The Labute approximate surface area is 223 Å². The van der Waals surface area contributed by atoms with Crippen LogP contribution in [-0.4, -0.2) is 42.9 Å². The minimum atomic E-state index is -0.575. The molecule has 0 spiro atoms. The average molecular weight is 542 g/mol. The van der Waals surface area contributed by atoms with Gasteiger partial charge in [0.25, 0.3) is 0 Å². The van der Waals surface area contributed by atoms with E-state index in [4.69, 9.17) is 38.9 Å². The van der Waals surface area contributed by atoms with Gasteiger partial charge in [-0.3, -0.25) is 10.1 Å². The summed E-state index contributed by atoms with van der Waals surface area (Å²) >= 11 is 12.7. The smallest absolute Gasteiger partial charge is 0.311 e. The van der Waals surface area contributed by atoms with E-state index in [1.165, 1.54) is 12.1 Å². The Kier molecular flexibility index (Phi) is 8.04. The highest BCUT2D eigenvalue weighted by molar-refractivity contribution is 6.36. The molecule has 0 unspecified atom stereocenters. The normalized spacial score (nSPS) is 10.9. The third-order valence-corrected chi connectivity index (χ3v) is 6.11. The van der Waals surface area contributed by atoms with Crippen LogP contribution in [0.1, 0.15) is 25.4 Å². The molecule has 0 aliphatic carbocycles. The molecule has 192 valence electrons. The van der Waals surface area contributed by atoms with E-state index in [0.29, 0.717) is 46.2 Å². The Hall–Kier alpha value is -3.96. The fraction of sp³-hybridized carbons (Fsp3) is 0.250. The summed E-state index contributed by atoms with van der Waals surface area (Å²) < 4.78 is 0. The number of aryl methyl sites for hydroxylation is 2. The monoisotopic (exact) mass is 541 g/mol. The number of anilines is 3. The molecule has 11 nitrogen and oxygen atoms in total. The van der Waals surface area contributed by atoms with Crippen LogP contribution in [0, 0.1) is 10.1 Å². The van der Waals surface area contributed by atoms with E-state index in [0.717, 1.165) is 35.6 Å². The maximum absolute atomic E-state index is 10.9. The Morgan fingerprint density at radius 3 is 2.46 bits per heavy atom. The number of nitrogens with zero attached hydrogens (tertiary/aromatic N) is 5. The molecule has 0 aliphatic rings. The lowest BCUT2D eigenvalue weighted by Gasteiger charge is -2.13. The van der Waals surface area contributed by atoms with Crippen LogP contribution in [0.4, 0.5) is 23.3 Å². The third kappa shape index (κ3) is 5.89. The highest BCUT2D eigenvalue weighted by Crippen LogP contribution is 2.36. The molecule has 0 amide bonds. The molecule has 0 aliphatic heterocycles. The molecule has 1 aromatic carbocycles. The summed E-state index contributed by atoms with van der Waals surface area (Å²) in [5.74, 6) is 1.55. The number of hydrogen-bond acceptors (Lipinski definition) is 9. The maximum Gasteiger partial charge on any atom is 0.311 e. The van der Waals surface area contributed by atoms with Gasteiger partial charge in [-0.25, -0.2) is 19.9 Å². The molecule has 0 radical (unpaired) electrons. The summed E-state index contributed by atoms with van der Waals surface area (Å²) in [4.78, 5) is 31.8. The van der Waals surface area contributed by atoms with E-state index in [1.807, 2.05) is 13.0 Å². The number of H-pyrrole nitrogens is 1. The summed E-state index contributed by atoms with van der Waals surface area (Å²) in [5.41, 5.74) is 9.28. The molecule has 4 aromatic rings. The number of benzene rings is 1. The van der Waals surface area contributed by atoms with Crippen molar-refractivity contribution in [3.8, 4) is 22.5 Å². The van der Waals surface area contributed by atoms with Crippen LogP contribution in [-0.2, 0) is 12.8 Å². The topological polar surface area (TPSA) is 161 Å². The van der Waals surface area contributed by atoms with E-state index in [2.05, 4.69) is 32.5 Å². The number of aromatic amines is 1. The number of nitro groups is 1. The van der Waals surface area contributed by atoms with Gasteiger partial charge in [0.1, 0.15) is 11.6 Å². The highest BCUT2D eigenvalue weighted by atomic mass is 35.5. The predicted octanol–water partition coefficient (Wildman–Crippen LogP) is 5.37. The Bertz CT molecular complexity index is 1440. The van der Waals surface area contributed by atoms with Gasteiger partial charge in [-0.1, -0.05) is 37.0 Å². The number of aromatic nitrogens is 5. The van der Waals surface area contributed by atoms with Gasteiger partial charge >= 0.3 is 5.69 Å². The lowest BCUT2D eigenvalue weighted by molar-refractivity contribution is -0.384. The zero-order valence-corrected chi connectivity index (χ0v) is 21.7. The first-order chi connectivity index (χ1) is 17.8. The van der Waals surface area contributed by atoms with Crippen molar-refractivity contribution in [3.05, 3.63) is 68.2 Å². The summed E-state index contributed by atoms with van der Waals surface area (Å²) in [6.45, 7) is 4.97. The van der Waals surface area contributed by atoms with Crippen molar-refractivity contribution in [2.75, 3.05) is 29.5 Å². The maximum atomic E-state index is 10.9. The largest absolute Gasteiger partial charge is 0.378 e. The highest BCUT2D eigenvalue weighted by Gasteiger charge is 2.20. The molecule has 13 heteroatoms. The molecular weight excluding hydrogens is 517 g/mol. The van der Waals surface area contributed by atoms with Crippen LogP contribution in [0.25, 0.3) is 22.5 Å². The van der Waals surface area contributed by atoms with Crippen molar-refractivity contribution in [1.29, 1.82) is 0 Å². The SMILES string of the molecule is CCc1nc(-c2cnc(NCCNc3ccc([N+](=O)[O-])c(N)n3)nc2-c2ccc(Cl)cc2Cl)c(CC)[nH]1. The molecule has 0 atom stereocenters. The standard InChI is InChI=1S/C24H25Cl2N9O2/c1-3-17-22(32-19(4-2)31-17)15-12-30-24(34-21(15)14-6-5-13(25)11-16(14)26)29-10-9-28-20-8-7-18(35(36)37)23(27)33-20/h5-8,11-12H,3-4,9-10H2,1-2H3,(H,31,32)(H3,27,28,33)(H,29,30,34). The van der Waals surface area contributed by atoms with E-state index < -0.39 is 4.92 Å². The Morgan fingerprint density at radius 2 is 1.78 bits per heavy atom. The first kappa shape index (κ1) is 26.1. The number of rotatable bonds is 10. The van der Waals surface area contributed by atoms with Crippen LogP contribution in [0.3, 0.4) is 0 Å². The molecule has 3 aromatic heterocycles. The number of imidazole rings is 1. The Balaban J connectivity index is 1.58. The molecule has 0 saturated carbocycles. The number of pyridine rings is 1. The number of hydrogen-bond donors (Lipinski definition) is 4. The van der Waals surface area contributed by atoms with Gasteiger partial charge in [0.15, 0.2) is 0 Å². The molecule has 0 fully saturated rings. The number of nitrogen functional groups attached to an aromatic ring is 1. The van der Waals surface area contributed by atoms with Gasteiger partial charge in [0.2, 0.25) is 11.8 Å². The summed E-state index contributed by atoms with van der Waals surface area (Å²) in [6, 6.07) is 8.07. The zero-order valence-electron chi connectivity index (χ0n) is 20.2.